The van der Waals surface area contributed by atoms with E-state index in [1.807, 2.05) is 65.0 Å². The van der Waals surface area contributed by atoms with Crippen LogP contribution in [0.1, 0.15) is 12.5 Å². The number of benzene rings is 2. The van der Waals surface area contributed by atoms with Crippen molar-refractivity contribution in [2.75, 3.05) is 18.0 Å². The molecule has 2 aliphatic heterocycles. The molecule has 0 spiro atoms. The van der Waals surface area contributed by atoms with Gasteiger partial charge in [0, 0.05) is 5.56 Å². The fraction of sp³-hybridized carbons (Fsp3) is 0.250. The Balaban J connectivity index is 1.90. The molecular weight excluding hydrogens is 467 g/mol. The van der Waals surface area contributed by atoms with Crippen LogP contribution in [0, 0.1) is 0 Å². The third kappa shape index (κ3) is 3.69. The predicted molar refractivity (Wildman–Crippen MR) is 125 cm³/mol. The van der Waals surface area contributed by atoms with Crippen LogP contribution in [0.2, 0.25) is 0 Å². The molecule has 1 amide bonds. The molecule has 10 heteroatoms. The van der Waals surface area contributed by atoms with Crippen molar-refractivity contribution in [1.29, 1.82) is 0 Å². The highest BCUT2D eigenvalue weighted by Gasteiger charge is 2.55. The minimum Gasteiger partial charge on any atom is -0.449 e. The minimum atomic E-state index is -1.77. The summed E-state index contributed by atoms with van der Waals surface area (Å²) in [6, 6.07) is 19.5. The van der Waals surface area contributed by atoms with E-state index in [0.29, 0.717) is 10.9 Å². The molecule has 2 heterocycles. The van der Waals surface area contributed by atoms with Crippen LogP contribution >= 0.6 is 45.7 Å². The number of anilines is 1. The lowest BCUT2D eigenvalue weighted by Crippen LogP contribution is -2.52. The highest BCUT2D eigenvalue weighted by molar-refractivity contribution is 8.16. The van der Waals surface area contributed by atoms with Crippen molar-refractivity contribution in [1.82, 2.24) is 9.21 Å². The second-order valence-electron chi connectivity index (χ2n) is 6.53. The smallest absolute Gasteiger partial charge is 0.422 e. The van der Waals surface area contributed by atoms with Gasteiger partial charge in [-0.25, -0.2) is 19.0 Å². The van der Waals surface area contributed by atoms with Gasteiger partial charge in [0.2, 0.25) is 3.79 Å². The van der Waals surface area contributed by atoms with Crippen LogP contribution in [0.15, 0.2) is 65.7 Å². The molecule has 2 aromatic rings. The van der Waals surface area contributed by atoms with Crippen LogP contribution in [0.25, 0.3) is 0 Å². The topological polar surface area (TPSA) is 48.4 Å². The number of rotatable bonds is 3. The van der Waals surface area contributed by atoms with Gasteiger partial charge < -0.3 is 4.74 Å². The number of halogens is 3. The number of amides is 1. The average molecular weight is 486 g/mol. The third-order valence-electron chi connectivity index (χ3n) is 4.57. The van der Waals surface area contributed by atoms with Crippen LogP contribution in [-0.2, 0) is 4.74 Å². The Morgan fingerprint density at radius 3 is 2.27 bits per heavy atom. The molecule has 0 fully saturated rings. The average Bonchev–Trinajstić information content (AvgIpc) is 3.25. The van der Waals surface area contributed by atoms with E-state index in [1.165, 1.54) is 4.31 Å². The van der Waals surface area contributed by atoms with E-state index in [0.717, 1.165) is 11.3 Å². The summed E-state index contributed by atoms with van der Waals surface area (Å²) < 4.78 is 7.03. The van der Waals surface area contributed by atoms with Crippen LogP contribution in [0.4, 0.5) is 10.5 Å². The number of aliphatic imine (C=N–C) groups is 1. The number of para-hydroxylation sites is 1. The van der Waals surface area contributed by atoms with Gasteiger partial charge in [0.05, 0.1) is 23.2 Å². The predicted octanol–water partition coefficient (Wildman–Crippen LogP) is 5.24. The maximum atomic E-state index is 13.0. The van der Waals surface area contributed by atoms with Crippen molar-refractivity contribution in [2.45, 2.75) is 16.9 Å². The number of amidine groups is 1. The highest BCUT2D eigenvalue weighted by atomic mass is 35.6. The Morgan fingerprint density at radius 1 is 1.10 bits per heavy atom. The Bertz CT molecular complexity index is 1010. The van der Waals surface area contributed by atoms with Crippen molar-refractivity contribution >= 4 is 68.4 Å². The quantitative estimate of drug-likeness (QED) is 0.441. The van der Waals surface area contributed by atoms with Gasteiger partial charge in [-0.2, -0.15) is 0 Å². The van der Waals surface area contributed by atoms with Crippen molar-refractivity contribution in [3.8, 4) is 0 Å². The molecule has 0 aliphatic carbocycles. The molecule has 0 radical (unpaired) electrons. The number of carbonyl (C=O) groups excluding carboxylic acids is 1. The molecule has 0 aromatic heterocycles. The Kier molecular flexibility index (Phi) is 6.01. The molecule has 6 nitrogen and oxygen atoms in total. The molecule has 30 heavy (non-hydrogen) atoms. The maximum Gasteiger partial charge on any atom is 0.422 e. The van der Waals surface area contributed by atoms with Crippen molar-refractivity contribution in [2.24, 2.45) is 4.99 Å². The third-order valence-corrected chi connectivity index (χ3v) is 7.31. The van der Waals surface area contributed by atoms with Gasteiger partial charge >= 0.3 is 6.09 Å². The molecule has 1 unspecified atom stereocenters. The van der Waals surface area contributed by atoms with E-state index < -0.39 is 26.9 Å². The van der Waals surface area contributed by atoms with Crippen LogP contribution in [0.3, 0.4) is 0 Å². The molecule has 0 saturated carbocycles. The lowest BCUT2D eigenvalue weighted by molar-refractivity contribution is 0.110. The Labute approximate surface area is 192 Å². The molecule has 2 aliphatic rings. The number of carbonyl (C=O) groups is 1. The zero-order chi connectivity index (χ0) is 21.5. The van der Waals surface area contributed by atoms with Crippen molar-refractivity contribution in [3.63, 3.8) is 0 Å². The SMILES string of the molecule is CCOC(=O)N1[C@@H](C(Cl)(Cl)Cl)N(C)C2=S1N(c1ccccc1)C(c1ccccc1)=N2. The van der Waals surface area contributed by atoms with Crippen molar-refractivity contribution in [3.05, 3.63) is 66.2 Å². The second-order valence-corrected chi connectivity index (χ2v) is 10.6. The fourth-order valence-electron chi connectivity index (χ4n) is 3.35. The maximum absolute atomic E-state index is 13.0. The molecule has 4 rings (SSSR count). The monoisotopic (exact) mass is 484 g/mol. The van der Waals surface area contributed by atoms with Gasteiger partial charge in [-0.3, -0.25) is 4.31 Å². The summed E-state index contributed by atoms with van der Waals surface area (Å²) in [7, 11) is 0.780. The number of ether oxygens (including phenoxy) is 1. The van der Waals surface area contributed by atoms with Crippen LogP contribution < -0.4 is 4.31 Å². The van der Waals surface area contributed by atoms with Gasteiger partial charge in [0.1, 0.15) is 0 Å². The van der Waals surface area contributed by atoms with Gasteiger partial charge in [-0.1, -0.05) is 83.3 Å². The molecular formula is C20H19Cl3N4O2S. The lowest BCUT2D eigenvalue weighted by Gasteiger charge is -2.37. The van der Waals surface area contributed by atoms with Gasteiger partial charge in [0.25, 0.3) is 0 Å². The number of hydrogen-bond donors (Lipinski definition) is 0. The minimum absolute atomic E-state index is 0.204. The number of nitrogens with zero attached hydrogens (tertiary/aromatic N) is 4. The summed E-state index contributed by atoms with van der Waals surface area (Å²) in [4.78, 5) is 19.7. The van der Waals surface area contributed by atoms with E-state index in [1.54, 1.807) is 18.9 Å². The van der Waals surface area contributed by atoms with E-state index in [2.05, 4.69) is 0 Å². The normalized spacial score (nSPS) is 21.6. The second kappa shape index (κ2) is 8.40. The first-order valence-corrected chi connectivity index (χ1v) is 11.5. The number of hydrogen-bond acceptors (Lipinski definition) is 5. The van der Waals surface area contributed by atoms with E-state index in [4.69, 9.17) is 44.5 Å². The highest BCUT2D eigenvalue weighted by Crippen LogP contribution is 2.50. The van der Waals surface area contributed by atoms with E-state index in [-0.39, 0.29) is 6.61 Å². The molecule has 2 atom stereocenters. The van der Waals surface area contributed by atoms with Crippen LogP contribution in [-0.4, -0.2) is 49.9 Å². The zero-order valence-corrected chi connectivity index (χ0v) is 19.3. The van der Waals surface area contributed by atoms with Gasteiger partial charge in [0.15, 0.2) is 17.1 Å². The molecule has 158 valence electrons. The lowest BCUT2D eigenvalue weighted by atomic mass is 10.2. The molecule has 0 N–H and O–H groups in total. The van der Waals surface area contributed by atoms with Gasteiger partial charge in [-0.15, -0.1) is 0 Å². The standard InChI is InChI=1S/C20H19Cl3N4O2S/c1-3-29-19(28)27-17(20(21,22)23)25(2)18-24-16(14-10-6-4-7-11-14)26(30(18)27)15-12-8-5-9-13-15/h4-13,17H,3H2,1-2H3/t17-,30?/m0/s1. The first-order chi connectivity index (χ1) is 14.3. The summed E-state index contributed by atoms with van der Waals surface area (Å²) >= 11 is 18.9. The Morgan fingerprint density at radius 2 is 1.70 bits per heavy atom. The van der Waals surface area contributed by atoms with Crippen molar-refractivity contribution < 1.29 is 9.53 Å². The van der Waals surface area contributed by atoms with E-state index in [9.17, 15) is 4.79 Å². The summed E-state index contributed by atoms with van der Waals surface area (Å²) in [5.41, 5.74) is 1.78. The van der Waals surface area contributed by atoms with Crippen LogP contribution in [0.5, 0.6) is 0 Å². The summed E-state index contributed by atoms with van der Waals surface area (Å²) in [5, 5.41) is 0.627. The largest absolute Gasteiger partial charge is 0.449 e. The Hall–Kier alpha value is -1.77. The van der Waals surface area contributed by atoms with E-state index >= 15 is 0 Å². The fourth-order valence-corrected chi connectivity index (χ4v) is 6.61. The first kappa shape index (κ1) is 21.5. The molecule has 0 bridgehead atoms. The summed E-state index contributed by atoms with van der Waals surface area (Å²) in [6.07, 6.45) is -1.43. The summed E-state index contributed by atoms with van der Waals surface area (Å²) in [5.74, 6) is 0.712. The zero-order valence-electron chi connectivity index (χ0n) is 16.2. The van der Waals surface area contributed by atoms with Gasteiger partial charge in [-0.05, 0) is 26.1 Å². The number of alkyl halides is 3. The first-order valence-electron chi connectivity index (χ1n) is 9.21. The summed E-state index contributed by atoms with van der Waals surface area (Å²) in [6.45, 7) is 1.95. The molecule has 0 saturated heterocycles. The molecule has 2 aromatic carbocycles.